The molecule has 7 nitrogen and oxygen atoms in total. The fraction of sp³-hybridized carbons (Fsp3) is 0.0769. The van der Waals surface area contributed by atoms with E-state index in [1.807, 2.05) is 0 Å². The van der Waals surface area contributed by atoms with Crippen LogP contribution in [0.5, 0.6) is 0 Å². The zero-order chi connectivity index (χ0) is 15.6. The maximum atomic E-state index is 13.3. The van der Waals surface area contributed by atoms with Gasteiger partial charge in [-0.15, -0.1) is 0 Å². The van der Waals surface area contributed by atoms with Crippen LogP contribution in [0, 0.1) is 22.9 Å². The predicted molar refractivity (Wildman–Crippen MR) is 74.4 cm³/mol. The molecule has 0 aliphatic rings. The molecule has 0 saturated carbocycles. The van der Waals surface area contributed by atoms with Gasteiger partial charge < -0.3 is 11.1 Å². The maximum Gasteiger partial charge on any atom is 0.288 e. The number of carbonyl (C=O) groups is 1. The molecule has 0 spiro atoms. The number of aromatic nitrogens is 1. The van der Waals surface area contributed by atoms with Crippen LogP contribution in [0.4, 0.5) is 21.6 Å². The minimum absolute atomic E-state index is 0.147. The molecule has 8 heteroatoms. The van der Waals surface area contributed by atoms with E-state index in [-0.39, 0.29) is 22.8 Å². The first-order chi connectivity index (χ1) is 9.86. The van der Waals surface area contributed by atoms with Gasteiger partial charge in [0.2, 0.25) is 0 Å². The van der Waals surface area contributed by atoms with Crippen molar-refractivity contribution < 1.29 is 14.1 Å². The molecule has 2 rings (SSSR count). The number of nitrogens with one attached hydrogen (secondary N) is 1. The molecule has 0 saturated heterocycles. The van der Waals surface area contributed by atoms with Crippen LogP contribution in [0.15, 0.2) is 30.5 Å². The first-order valence-corrected chi connectivity index (χ1v) is 5.85. The summed E-state index contributed by atoms with van der Waals surface area (Å²) in [5.41, 5.74) is 5.88. The Kier molecular flexibility index (Phi) is 3.79. The van der Waals surface area contributed by atoms with E-state index in [1.165, 1.54) is 6.07 Å². The van der Waals surface area contributed by atoms with Crippen molar-refractivity contribution in [1.29, 1.82) is 0 Å². The summed E-state index contributed by atoms with van der Waals surface area (Å²) in [4.78, 5) is 25.6. The van der Waals surface area contributed by atoms with E-state index < -0.39 is 16.6 Å². The minimum Gasteiger partial charge on any atom is -0.383 e. The van der Waals surface area contributed by atoms with Gasteiger partial charge in [-0.25, -0.2) is 9.37 Å². The minimum atomic E-state index is -0.700. The number of nitro groups is 1. The first-order valence-electron chi connectivity index (χ1n) is 5.85. The van der Waals surface area contributed by atoms with Gasteiger partial charge in [0.15, 0.2) is 0 Å². The molecule has 0 aliphatic heterocycles. The number of nitrogens with two attached hydrogens (primary N) is 1. The highest BCUT2D eigenvalue weighted by Crippen LogP contribution is 2.19. The van der Waals surface area contributed by atoms with Crippen LogP contribution in [0.25, 0.3) is 0 Å². The van der Waals surface area contributed by atoms with Crippen LogP contribution in [-0.4, -0.2) is 15.8 Å². The highest BCUT2D eigenvalue weighted by molar-refractivity contribution is 6.07. The van der Waals surface area contributed by atoms with E-state index in [9.17, 15) is 19.3 Å². The third-order valence-electron chi connectivity index (χ3n) is 2.66. The number of halogens is 1. The van der Waals surface area contributed by atoms with Crippen molar-refractivity contribution in [2.75, 3.05) is 11.1 Å². The van der Waals surface area contributed by atoms with Crippen LogP contribution in [0.1, 0.15) is 15.9 Å². The molecular weight excluding hydrogens is 279 g/mol. The fourth-order valence-corrected chi connectivity index (χ4v) is 1.75. The summed E-state index contributed by atoms with van der Waals surface area (Å²) in [5, 5.41) is 13.1. The second-order valence-electron chi connectivity index (χ2n) is 4.35. The Hall–Kier alpha value is -3.03. The zero-order valence-corrected chi connectivity index (χ0v) is 11.0. The van der Waals surface area contributed by atoms with E-state index in [2.05, 4.69) is 10.3 Å². The summed E-state index contributed by atoms with van der Waals surface area (Å²) in [5.74, 6) is -1.35. The number of carbonyl (C=O) groups excluding carboxylic acids is 1. The summed E-state index contributed by atoms with van der Waals surface area (Å²) in [6, 6.07) is 5.01. The van der Waals surface area contributed by atoms with Crippen molar-refractivity contribution in [2.45, 2.75) is 6.92 Å². The van der Waals surface area contributed by atoms with E-state index in [4.69, 9.17) is 5.73 Å². The van der Waals surface area contributed by atoms with Crippen LogP contribution in [-0.2, 0) is 0 Å². The van der Waals surface area contributed by atoms with Crippen LogP contribution in [0.3, 0.4) is 0 Å². The fourth-order valence-electron chi connectivity index (χ4n) is 1.75. The number of hydrogen-bond donors (Lipinski definition) is 2. The molecule has 1 heterocycles. The maximum absolute atomic E-state index is 13.3. The standard InChI is InChI=1S/C13H11FN4O3/c1-7-2-8(14)4-9(3-7)17-13(19)11-5-10(18(20)21)6-16-12(11)15/h2-6H,1H3,(H2,15,16)(H,17,19). The number of aryl methyl sites for hydroxylation is 1. The Bertz CT molecular complexity index is 713. The molecule has 21 heavy (non-hydrogen) atoms. The molecule has 108 valence electrons. The molecule has 1 amide bonds. The van der Waals surface area contributed by atoms with E-state index in [0.717, 1.165) is 18.3 Å². The molecule has 3 N–H and O–H groups in total. The lowest BCUT2D eigenvalue weighted by molar-refractivity contribution is -0.385. The Balaban J connectivity index is 2.31. The smallest absolute Gasteiger partial charge is 0.288 e. The van der Waals surface area contributed by atoms with Gasteiger partial charge in [-0.2, -0.15) is 0 Å². The van der Waals surface area contributed by atoms with Crippen molar-refractivity contribution in [3.63, 3.8) is 0 Å². The number of hydrogen-bond acceptors (Lipinski definition) is 5. The molecule has 0 fully saturated rings. The Labute approximate surface area is 118 Å². The SMILES string of the molecule is Cc1cc(F)cc(NC(=O)c2cc([N+](=O)[O-])cnc2N)c1. The monoisotopic (exact) mass is 290 g/mol. The van der Waals surface area contributed by atoms with Crippen LogP contribution >= 0.6 is 0 Å². The second-order valence-corrected chi connectivity index (χ2v) is 4.35. The Morgan fingerprint density at radius 2 is 2.10 bits per heavy atom. The molecular formula is C13H11FN4O3. The van der Waals surface area contributed by atoms with Gasteiger partial charge >= 0.3 is 0 Å². The molecule has 0 unspecified atom stereocenters. The summed E-state index contributed by atoms with van der Waals surface area (Å²) in [6.07, 6.45) is 0.957. The number of rotatable bonds is 3. The zero-order valence-electron chi connectivity index (χ0n) is 11.0. The van der Waals surface area contributed by atoms with Crippen molar-refractivity contribution in [3.05, 3.63) is 57.5 Å². The van der Waals surface area contributed by atoms with Crippen molar-refractivity contribution >= 4 is 23.1 Å². The first kappa shape index (κ1) is 14.4. The van der Waals surface area contributed by atoms with Gasteiger partial charge in [-0.3, -0.25) is 14.9 Å². The predicted octanol–water partition coefficient (Wildman–Crippen LogP) is 2.27. The lowest BCUT2D eigenvalue weighted by atomic mass is 10.2. The largest absolute Gasteiger partial charge is 0.383 e. The molecule has 1 aromatic heterocycles. The second kappa shape index (κ2) is 5.53. The Morgan fingerprint density at radius 3 is 2.71 bits per heavy atom. The van der Waals surface area contributed by atoms with E-state index in [0.29, 0.717) is 5.56 Å². The van der Waals surface area contributed by atoms with E-state index >= 15 is 0 Å². The number of nitrogens with zero attached hydrogens (tertiary/aromatic N) is 2. The highest BCUT2D eigenvalue weighted by atomic mass is 19.1. The van der Waals surface area contributed by atoms with Gasteiger partial charge in [0, 0.05) is 11.8 Å². The van der Waals surface area contributed by atoms with Gasteiger partial charge in [-0.1, -0.05) is 0 Å². The number of benzene rings is 1. The third kappa shape index (κ3) is 3.30. The molecule has 0 bridgehead atoms. The van der Waals surface area contributed by atoms with Gasteiger partial charge in [0.1, 0.15) is 17.8 Å². The summed E-state index contributed by atoms with van der Waals surface area (Å²) < 4.78 is 13.3. The Morgan fingerprint density at radius 1 is 1.38 bits per heavy atom. The number of nitrogen functional groups attached to an aromatic ring is 1. The average molecular weight is 290 g/mol. The number of anilines is 2. The summed E-state index contributed by atoms with van der Waals surface area (Å²) in [7, 11) is 0. The van der Waals surface area contributed by atoms with Crippen LogP contribution < -0.4 is 11.1 Å². The lowest BCUT2D eigenvalue weighted by Gasteiger charge is -2.08. The average Bonchev–Trinajstić information content (AvgIpc) is 2.37. The lowest BCUT2D eigenvalue weighted by Crippen LogP contribution is -2.15. The van der Waals surface area contributed by atoms with Crippen molar-refractivity contribution in [2.24, 2.45) is 0 Å². The topological polar surface area (TPSA) is 111 Å². The van der Waals surface area contributed by atoms with Gasteiger partial charge in [0.05, 0.1) is 10.5 Å². The van der Waals surface area contributed by atoms with Crippen LogP contribution in [0.2, 0.25) is 0 Å². The normalized spacial score (nSPS) is 10.2. The van der Waals surface area contributed by atoms with Gasteiger partial charge in [0.25, 0.3) is 11.6 Å². The van der Waals surface area contributed by atoms with E-state index in [1.54, 1.807) is 13.0 Å². The third-order valence-corrected chi connectivity index (χ3v) is 2.66. The van der Waals surface area contributed by atoms with Gasteiger partial charge in [-0.05, 0) is 30.7 Å². The number of amides is 1. The molecule has 0 aliphatic carbocycles. The number of pyridine rings is 1. The molecule has 1 aromatic carbocycles. The molecule has 0 radical (unpaired) electrons. The molecule has 0 atom stereocenters. The van der Waals surface area contributed by atoms with Crippen molar-refractivity contribution in [1.82, 2.24) is 4.98 Å². The molecule has 2 aromatic rings. The summed E-state index contributed by atoms with van der Waals surface area (Å²) in [6.45, 7) is 1.67. The quantitative estimate of drug-likeness (QED) is 0.665. The highest BCUT2D eigenvalue weighted by Gasteiger charge is 2.17. The van der Waals surface area contributed by atoms with Crippen molar-refractivity contribution in [3.8, 4) is 0 Å². The summed E-state index contributed by atoms with van der Waals surface area (Å²) >= 11 is 0.